The van der Waals surface area contributed by atoms with Crippen LogP contribution in [0, 0.1) is 6.92 Å². The summed E-state index contributed by atoms with van der Waals surface area (Å²) >= 11 is 4.20. The number of hydrogen-bond acceptors (Lipinski definition) is 3. The van der Waals surface area contributed by atoms with Crippen LogP contribution in [0.25, 0.3) is 0 Å². The molecule has 78 valence electrons. The molecule has 0 aliphatic carbocycles. The van der Waals surface area contributed by atoms with Crippen LogP contribution >= 0.6 is 12.6 Å². The van der Waals surface area contributed by atoms with E-state index in [2.05, 4.69) is 41.7 Å². The summed E-state index contributed by atoms with van der Waals surface area (Å²) in [5.41, 5.74) is 2.23. The highest BCUT2D eigenvalue weighted by atomic mass is 32.1. The molecule has 14 heavy (non-hydrogen) atoms. The van der Waals surface area contributed by atoms with Crippen molar-refractivity contribution in [2.45, 2.75) is 19.9 Å². The van der Waals surface area contributed by atoms with Gasteiger partial charge < -0.3 is 4.90 Å². The van der Waals surface area contributed by atoms with E-state index < -0.39 is 0 Å². The molecular formula is C11H18N2S. The molecule has 0 saturated heterocycles. The van der Waals surface area contributed by atoms with E-state index in [1.165, 1.54) is 0 Å². The Balaban J connectivity index is 2.43. The van der Waals surface area contributed by atoms with Crippen LogP contribution in [0.15, 0.2) is 18.2 Å². The lowest BCUT2D eigenvalue weighted by Crippen LogP contribution is -2.20. The molecule has 1 aromatic heterocycles. The van der Waals surface area contributed by atoms with Gasteiger partial charge in [-0.15, -0.1) is 0 Å². The predicted octanol–water partition coefficient (Wildman–Crippen LogP) is 2.14. The Morgan fingerprint density at radius 1 is 1.43 bits per heavy atom. The maximum Gasteiger partial charge on any atom is 0.0547 e. The molecule has 3 heteroatoms. The van der Waals surface area contributed by atoms with Gasteiger partial charge >= 0.3 is 0 Å². The SMILES string of the molecule is Cc1cccc(CN(C)CCCS)n1. The molecule has 0 spiro atoms. The second kappa shape index (κ2) is 6.04. The summed E-state index contributed by atoms with van der Waals surface area (Å²) in [6.07, 6.45) is 1.13. The summed E-state index contributed by atoms with van der Waals surface area (Å²) in [7, 11) is 2.12. The summed E-state index contributed by atoms with van der Waals surface area (Å²) in [5, 5.41) is 0. The second-order valence-corrected chi connectivity index (χ2v) is 4.03. The molecule has 0 atom stereocenters. The van der Waals surface area contributed by atoms with E-state index in [-0.39, 0.29) is 0 Å². The quantitative estimate of drug-likeness (QED) is 0.750. The van der Waals surface area contributed by atoms with E-state index in [0.717, 1.165) is 36.7 Å². The van der Waals surface area contributed by atoms with Crippen molar-refractivity contribution in [2.24, 2.45) is 0 Å². The highest BCUT2D eigenvalue weighted by Gasteiger charge is 2.00. The van der Waals surface area contributed by atoms with Gasteiger partial charge in [-0.2, -0.15) is 12.6 Å². The van der Waals surface area contributed by atoms with E-state index in [4.69, 9.17) is 0 Å². The molecule has 1 aromatic rings. The molecule has 0 N–H and O–H groups in total. The summed E-state index contributed by atoms with van der Waals surface area (Å²) in [6, 6.07) is 6.16. The van der Waals surface area contributed by atoms with Crippen LogP contribution in [0.5, 0.6) is 0 Å². The van der Waals surface area contributed by atoms with Gasteiger partial charge in [0.05, 0.1) is 5.69 Å². The largest absolute Gasteiger partial charge is 0.301 e. The normalized spacial score (nSPS) is 10.9. The molecule has 0 bridgehead atoms. The Hall–Kier alpha value is -0.540. The lowest BCUT2D eigenvalue weighted by atomic mass is 10.3. The van der Waals surface area contributed by atoms with Gasteiger partial charge in [-0.25, -0.2) is 0 Å². The number of rotatable bonds is 5. The molecular weight excluding hydrogens is 192 g/mol. The van der Waals surface area contributed by atoms with E-state index in [1.54, 1.807) is 0 Å². The van der Waals surface area contributed by atoms with Gasteiger partial charge in [0.15, 0.2) is 0 Å². The average molecular weight is 210 g/mol. The molecule has 0 aromatic carbocycles. The van der Waals surface area contributed by atoms with Crippen LogP contribution in [0.1, 0.15) is 17.8 Å². The standard InChI is InChI=1S/C11H18N2S/c1-10-5-3-6-11(12-10)9-13(2)7-4-8-14/h3,5-6,14H,4,7-9H2,1-2H3. The monoisotopic (exact) mass is 210 g/mol. The minimum absolute atomic E-state index is 0.926. The first kappa shape index (κ1) is 11.5. The number of aryl methyl sites for hydroxylation is 1. The second-order valence-electron chi connectivity index (χ2n) is 3.59. The Bertz CT molecular complexity index is 276. The van der Waals surface area contributed by atoms with E-state index in [0.29, 0.717) is 0 Å². The fourth-order valence-electron chi connectivity index (χ4n) is 1.38. The zero-order chi connectivity index (χ0) is 10.4. The van der Waals surface area contributed by atoms with Gasteiger partial charge in [0.2, 0.25) is 0 Å². The molecule has 0 radical (unpaired) electrons. The van der Waals surface area contributed by atoms with Crippen molar-refractivity contribution in [2.75, 3.05) is 19.3 Å². The highest BCUT2D eigenvalue weighted by molar-refractivity contribution is 7.80. The van der Waals surface area contributed by atoms with Gasteiger partial charge in [-0.3, -0.25) is 4.98 Å². The van der Waals surface area contributed by atoms with E-state index in [9.17, 15) is 0 Å². The third-order valence-electron chi connectivity index (χ3n) is 2.08. The Kier molecular flexibility index (Phi) is 4.98. The summed E-state index contributed by atoms with van der Waals surface area (Å²) < 4.78 is 0. The fourth-order valence-corrected chi connectivity index (χ4v) is 1.53. The molecule has 0 saturated carbocycles. The lowest BCUT2D eigenvalue weighted by molar-refractivity contribution is 0.324. The Morgan fingerprint density at radius 3 is 2.86 bits per heavy atom. The van der Waals surface area contributed by atoms with E-state index in [1.807, 2.05) is 13.0 Å². The summed E-state index contributed by atoms with van der Waals surface area (Å²) in [4.78, 5) is 6.74. The topological polar surface area (TPSA) is 16.1 Å². The van der Waals surface area contributed by atoms with Crippen molar-refractivity contribution in [3.63, 3.8) is 0 Å². The third-order valence-corrected chi connectivity index (χ3v) is 2.39. The van der Waals surface area contributed by atoms with Crippen molar-refractivity contribution in [3.05, 3.63) is 29.6 Å². The number of thiol groups is 1. The first-order valence-corrected chi connectivity index (χ1v) is 5.57. The number of pyridine rings is 1. The number of nitrogens with zero attached hydrogens (tertiary/aromatic N) is 2. The van der Waals surface area contributed by atoms with Crippen molar-refractivity contribution in [1.82, 2.24) is 9.88 Å². The van der Waals surface area contributed by atoms with Crippen molar-refractivity contribution in [1.29, 1.82) is 0 Å². The average Bonchev–Trinajstić information content (AvgIpc) is 2.15. The molecule has 0 amide bonds. The highest BCUT2D eigenvalue weighted by Crippen LogP contribution is 2.02. The number of aromatic nitrogens is 1. The zero-order valence-corrected chi connectivity index (χ0v) is 9.80. The summed E-state index contributed by atoms with van der Waals surface area (Å²) in [6.45, 7) is 4.03. The van der Waals surface area contributed by atoms with Gasteiger partial charge in [0, 0.05) is 12.2 Å². The zero-order valence-electron chi connectivity index (χ0n) is 8.90. The predicted molar refractivity (Wildman–Crippen MR) is 63.8 cm³/mol. The van der Waals surface area contributed by atoms with Crippen LogP contribution < -0.4 is 0 Å². The van der Waals surface area contributed by atoms with Gasteiger partial charge in [-0.05, 0) is 44.8 Å². The molecule has 2 nitrogen and oxygen atoms in total. The molecule has 0 unspecified atom stereocenters. The molecule has 0 aliphatic rings. The lowest BCUT2D eigenvalue weighted by Gasteiger charge is -2.15. The van der Waals surface area contributed by atoms with Crippen molar-refractivity contribution < 1.29 is 0 Å². The van der Waals surface area contributed by atoms with Crippen LogP contribution in [-0.4, -0.2) is 29.2 Å². The van der Waals surface area contributed by atoms with Gasteiger partial charge in [-0.1, -0.05) is 6.07 Å². The first-order chi connectivity index (χ1) is 6.72. The molecule has 0 aliphatic heterocycles. The third kappa shape index (κ3) is 4.11. The van der Waals surface area contributed by atoms with Gasteiger partial charge in [0.25, 0.3) is 0 Å². The smallest absolute Gasteiger partial charge is 0.0547 e. The number of hydrogen-bond donors (Lipinski definition) is 1. The van der Waals surface area contributed by atoms with Crippen molar-refractivity contribution in [3.8, 4) is 0 Å². The van der Waals surface area contributed by atoms with Crippen LogP contribution in [0.2, 0.25) is 0 Å². The van der Waals surface area contributed by atoms with Crippen LogP contribution in [0.4, 0.5) is 0 Å². The van der Waals surface area contributed by atoms with Crippen LogP contribution in [-0.2, 0) is 6.54 Å². The fraction of sp³-hybridized carbons (Fsp3) is 0.545. The van der Waals surface area contributed by atoms with E-state index >= 15 is 0 Å². The Labute approximate surface area is 91.8 Å². The molecule has 1 rings (SSSR count). The summed E-state index contributed by atoms with van der Waals surface area (Å²) in [5.74, 6) is 0.950. The minimum atomic E-state index is 0.926. The molecule has 0 fully saturated rings. The first-order valence-electron chi connectivity index (χ1n) is 4.94. The maximum atomic E-state index is 4.46. The van der Waals surface area contributed by atoms with Crippen molar-refractivity contribution >= 4 is 12.6 Å². The van der Waals surface area contributed by atoms with Crippen LogP contribution in [0.3, 0.4) is 0 Å². The Morgan fingerprint density at radius 2 is 2.21 bits per heavy atom. The molecule has 1 heterocycles. The minimum Gasteiger partial charge on any atom is -0.301 e. The maximum absolute atomic E-state index is 4.46. The van der Waals surface area contributed by atoms with Gasteiger partial charge in [0.1, 0.15) is 0 Å².